The van der Waals surface area contributed by atoms with E-state index in [-0.39, 0.29) is 5.92 Å². The van der Waals surface area contributed by atoms with Gasteiger partial charge in [-0.15, -0.1) is 0 Å². The molecule has 0 amide bonds. The van der Waals surface area contributed by atoms with Crippen molar-refractivity contribution in [3.8, 4) is 0 Å². The Labute approximate surface area is 89.7 Å². The van der Waals surface area contributed by atoms with Crippen LogP contribution in [-0.2, 0) is 6.42 Å². The molecule has 0 spiro atoms. The molecular weight excluding hydrogens is 189 g/mol. The number of nitrogens with one attached hydrogen (secondary N) is 1. The summed E-state index contributed by atoms with van der Waals surface area (Å²) < 4.78 is 14.0. The predicted octanol–water partition coefficient (Wildman–Crippen LogP) is 2.42. The molecule has 1 saturated heterocycles. The molecule has 15 heavy (non-hydrogen) atoms. The third-order valence-electron chi connectivity index (χ3n) is 3.79. The normalized spacial score (nSPS) is 34.3. The summed E-state index contributed by atoms with van der Waals surface area (Å²) in [6.45, 7) is 0.838. The fourth-order valence-corrected chi connectivity index (χ4v) is 3.06. The largest absolute Gasteiger partial charge is 0.313 e. The van der Waals surface area contributed by atoms with Gasteiger partial charge in [0.1, 0.15) is 6.17 Å². The van der Waals surface area contributed by atoms with Gasteiger partial charge < -0.3 is 5.32 Å². The summed E-state index contributed by atoms with van der Waals surface area (Å²) in [5.41, 5.74) is 2.60. The predicted molar refractivity (Wildman–Crippen MR) is 58.8 cm³/mol. The molecular formula is C13H16FN. The molecule has 1 aromatic carbocycles. The van der Waals surface area contributed by atoms with E-state index in [9.17, 15) is 4.39 Å². The summed E-state index contributed by atoms with van der Waals surface area (Å²) in [5, 5.41) is 3.45. The van der Waals surface area contributed by atoms with Gasteiger partial charge in [0.2, 0.25) is 0 Å². The lowest BCUT2D eigenvalue weighted by molar-refractivity contribution is 0.173. The number of piperidine rings is 1. The first-order valence-corrected chi connectivity index (χ1v) is 5.81. The lowest BCUT2D eigenvalue weighted by Gasteiger charge is -2.39. The molecule has 3 atom stereocenters. The first-order valence-electron chi connectivity index (χ1n) is 5.81. The van der Waals surface area contributed by atoms with Gasteiger partial charge in [-0.3, -0.25) is 0 Å². The molecule has 3 unspecified atom stereocenters. The summed E-state index contributed by atoms with van der Waals surface area (Å²) >= 11 is 0. The minimum atomic E-state index is -0.655. The van der Waals surface area contributed by atoms with Gasteiger partial charge in [0.25, 0.3) is 0 Å². The Morgan fingerprint density at radius 2 is 2.07 bits per heavy atom. The van der Waals surface area contributed by atoms with E-state index in [2.05, 4.69) is 23.5 Å². The van der Waals surface area contributed by atoms with Crippen molar-refractivity contribution in [3.63, 3.8) is 0 Å². The molecule has 2 aliphatic rings. The van der Waals surface area contributed by atoms with Gasteiger partial charge in [0, 0.05) is 12.0 Å². The van der Waals surface area contributed by atoms with E-state index in [0.29, 0.717) is 12.5 Å². The topological polar surface area (TPSA) is 12.0 Å². The standard InChI is InChI=1S/C13H16FN/c14-11-7-8-15-12-6-5-9-3-1-2-4-10(9)13(11)12/h1-4,11-13,15H,5-8H2. The summed E-state index contributed by atoms with van der Waals surface area (Å²) in [7, 11) is 0. The molecule has 1 heterocycles. The molecule has 1 nitrogen and oxygen atoms in total. The van der Waals surface area contributed by atoms with Crippen LogP contribution in [0.2, 0.25) is 0 Å². The van der Waals surface area contributed by atoms with Gasteiger partial charge in [-0.25, -0.2) is 4.39 Å². The van der Waals surface area contributed by atoms with Crippen LogP contribution in [0.15, 0.2) is 24.3 Å². The number of alkyl halides is 1. The maximum atomic E-state index is 14.0. The van der Waals surface area contributed by atoms with Crippen LogP contribution in [0.4, 0.5) is 4.39 Å². The zero-order valence-corrected chi connectivity index (χ0v) is 8.75. The maximum Gasteiger partial charge on any atom is 0.110 e. The monoisotopic (exact) mass is 205 g/mol. The van der Waals surface area contributed by atoms with Crippen LogP contribution in [-0.4, -0.2) is 18.8 Å². The van der Waals surface area contributed by atoms with Crippen molar-refractivity contribution in [2.24, 2.45) is 0 Å². The first kappa shape index (κ1) is 9.34. The second kappa shape index (κ2) is 3.60. The highest BCUT2D eigenvalue weighted by Gasteiger charge is 2.37. The Hall–Kier alpha value is -0.890. The van der Waals surface area contributed by atoms with E-state index in [0.717, 1.165) is 19.4 Å². The Morgan fingerprint density at radius 3 is 3.00 bits per heavy atom. The van der Waals surface area contributed by atoms with Crippen molar-refractivity contribution in [1.29, 1.82) is 0 Å². The summed E-state index contributed by atoms with van der Waals surface area (Å²) in [4.78, 5) is 0. The molecule has 1 aromatic rings. The highest BCUT2D eigenvalue weighted by molar-refractivity contribution is 5.35. The molecule has 2 heteroatoms. The van der Waals surface area contributed by atoms with Crippen molar-refractivity contribution in [1.82, 2.24) is 5.32 Å². The van der Waals surface area contributed by atoms with E-state index in [1.54, 1.807) is 0 Å². The number of hydrogen-bond acceptors (Lipinski definition) is 1. The fraction of sp³-hybridized carbons (Fsp3) is 0.538. The van der Waals surface area contributed by atoms with Crippen LogP contribution < -0.4 is 5.32 Å². The van der Waals surface area contributed by atoms with Gasteiger partial charge in [-0.2, -0.15) is 0 Å². The first-order chi connectivity index (χ1) is 7.36. The number of fused-ring (bicyclic) bond motifs is 3. The zero-order chi connectivity index (χ0) is 10.3. The second-order valence-corrected chi connectivity index (χ2v) is 4.63. The van der Waals surface area contributed by atoms with E-state index in [4.69, 9.17) is 0 Å². The molecule has 0 aromatic heterocycles. The molecule has 3 rings (SSSR count). The zero-order valence-electron chi connectivity index (χ0n) is 8.75. The van der Waals surface area contributed by atoms with E-state index < -0.39 is 6.17 Å². The number of halogens is 1. The van der Waals surface area contributed by atoms with E-state index in [1.165, 1.54) is 11.1 Å². The molecule has 1 aliphatic carbocycles. The van der Waals surface area contributed by atoms with Gasteiger partial charge >= 0.3 is 0 Å². The van der Waals surface area contributed by atoms with E-state index in [1.807, 2.05) is 6.07 Å². The smallest absolute Gasteiger partial charge is 0.110 e. The van der Waals surface area contributed by atoms with Crippen LogP contribution in [0.25, 0.3) is 0 Å². The SMILES string of the molecule is FC1CCNC2CCc3ccccc3C12. The molecule has 1 aliphatic heterocycles. The number of hydrogen-bond donors (Lipinski definition) is 1. The molecule has 0 bridgehead atoms. The Bertz CT molecular complexity index is 363. The lowest BCUT2D eigenvalue weighted by atomic mass is 9.74. The molecule has 0 saturated carbocycles. The fourth-order valence-electron chi connectivity index (χ4n) is 3.06. The summed E-state index contributed by atoms with van der Waals surface area (Å²) in [5.74, 6) is 0.101. The van der Waals surface area contributed by atoms with Crippen molar-refractivity contribution in [3.05, 3.63) is 35.4 Å². The highest BCUT2D eigenvalue weighted by Crippen LogP contribution is 2.38. The number of benzene rings is 1. The molecule has 80 valence electrons. The average molecular weight is 205 g/mol. The van der Waals surface area contributed by atoms with Gasteiger partial charge in [-0.1, -0.05) is 24.3 Å². The van der Waals surface area contributed by atoms with Crippen LogP contribution >= 0.6 is 0 Å². The van der Waals surface area contributed by atoms with Crippen molar-refractivity contribution >= 4 is 0 Å². The number of rotatable bonds is 0. The number of aryl methyl sites for hydroxylation is 1. The molecule has 1 fully saturated rings. The quantitative estimate of drug-likeness (QED) is 0.686. The average Bonchev–Trinajstić information content (AvgIpc) is 2.29. The molecule has 0 radical (unpaired) electrons. The van der Waals surface area contributed by atoms with E-state index >= 15 is 0 Å². The minimum Gasteiger partial charge on any atom is -0.313 e. The summed E-state index contributed by atoms with van der Waals surface area (Å²) in [6, 6.07) is 8.70. The van der Waals surface area contributed by atoms with Crippen LogP contribution in [0.5, 0.6) is 0 Å². The Kier molecular flexibility index (Phi) is 2.24. The summed E-state index contributed by atoms with van der Waals surface area (Å²) in [6.07, 6.45) is 2.19. The molecule has 1 N–H and O–H groups in total. The Balaban J connectivity index is 2.02. The van der Waals surface area contributed by atoms with Crippen molar-refractivity contribution in [2.45, 2.75) is 37.4 Å². The van der Waals surface area contributed by atoms with Crippen LogP contribution in [0, 0.1) is 0 Å². The minimum absolute atomic E-state index is 0.101. The van der Waals surface area contributed by atoms with Crippen molar-refractivity contribution < 1.29 is 4.39 Å². The third-order valence-corrected chi connectivity index (χ3v) is 3.79. The maximum absolute atomic E-state index is 14.0. The second-order valence-electron chi connectivity index (χ2n) is 4.63. The highest BCUT2D eigenvalue weighted by atomic mass is 19.1. The third kappa shape index (κ3) is 1.48. The van der Waals surface area contributed by atoms with Crippen LogP contribution in [0.3, 0.4) is 0 Å². The lowest BCUT2D eigenvalue weighted by Crippen LogP contribution is -2.47. The van der Waals surface area contributed by atoms with Crippen LogP contribution in [0.1, 0.15) is 29.9 Å². The Morgan fingerprint density at radius 1 is 1.20 bits per heavy atom. The van der Waals surface area contributed by atoms with Gasteiger partial charge in [0.05, 0.1) is 0 Å². The van der Waals surface area contributed by atoms with Crippen molar-refractivity contribution in [2.75, 3.05) is 6.54 Å². The van der Waals surface area contributed by atoms with Gasteiger partial charge in [-0.05, 0) is 36.9 Å². The van der Waals surface area contributed by atoms with Gasteiger partial charge in [0.15, 0.2) is 0 Å².